The maximum atomic E-state index is 9.88. The summed E-state index contributed by atoms with van der Waals surface area (Å²) in [7, 11) is 0. The van der Waals surface area contributed by atoms with Crippen LogP contribution in [-0.4, -0.2) is 32.0 Å². The number of pyridine rings is 1. The number of aromatic nitrogens is 3. The van der Waals surface area contributed by atoms with E-state index in [4.69, 9.17) is 16.9 Å². The summed E-state index contributed by atoms with van der Waals surface area (Å²) < 4.78 is 1.73. The molecule has 1 aliphatic rings. The van der Waals surface area contributed by atoms with Crippen molar-refractivity contribution in [3.05, 3.63) is 41.3 Å². The van der Waals surface area contributed by atoms with Crippen molar-refractivity contribution in [2.24, 2.45) is 0 Å². The van der Waals surface area contributed by atoms with Crippen molar-refractivity contribution in [3.8, 4) is 6.07 Å². The second-order valence-corrected chi connectivity index (χ2v) is 5.10. The van der Waals surface area contributed by atoms with Gasteiger partial charge in [0.05, 0.1) is 28.8 Å². The molecule has 0 spiro atoms. The maximum Gasteiger partial charge on any atom is 0.145 e. The zero-order valence-corrected chi connectivity index (χ0v) is 11.2. The standard InChI is InChI=1S/C13H12ClN5O/c14-9-4-8(6-15)7-16-13(9)18-10-5-11(20)12(10)19-3-1-2-17-19/h1-4,7,10-12,20H,5H2,(H,16,18)/t10-,11+,12+/m0/s1. The Labute approximate surface area is 120 Å². The van der Waals surface area contributed by atoms with Crippen molar-refractivity contribution in [2.75, 3.05) is 5.32 Å². The van der Waals surface area contributed by atoms with Crippen LogP contribution in [0.2, 0.25) is 5.02 Å². The molecule has 6 nitrogen and oxygen atoms in total. The molecule has 2 aromatic rings. The van der Waals surface area contributed by atoms with Crippen LogP contribution < -0.4 is 5.32 Å². The lowest BCUT2D eigenvalue weighted by Gasteiger charge is -2.42. The van der Waals surface area contributed by atoms with Crippen molar-refractivity contribution in [3.63, 3.8) is 0 Å². The third kappa shape index (κ3) is 2.22. The number of anilines is 1. The number of hydrogen-bond acceptors (Lipinski definition) is 5. The average molecular weight is 290 g/mol. The van der Waals surface area contributed by atoms with E-state index in [1.165, 1.54) is 6.20 Å². The highest BCUT2D eigenvalue weighted by atomic mass is 35.5. The third-order valence-electron chi connectivity index (χ3n) is 3.42. The van der Waals surface area contributed by atoms with Gasteiger partial charge in [-0.25, -0.2) is 4.98 Å². The van der Waals surface area contributed by atoms with Gasteiger partial charge in [0.15, 0.2) is 0 Å². The summed E-state index contributed by atoms with van der Waals surface area (Å²) in [4.78, 5) is 4.13. The number of halogens is 1. The first-order valence-electron chi connectivity index (χ1n) is 6.18. The summed E-state index contributed by atoms with van der Waals surface area (Å²) in [5, 5.41) is 26.4. The number of nitriles is 1. The van der Waals surface area contributed by atoms with Gasteiger partial charge in [0.2, 0.25) is 0 Å². The first-order chi connectivity index (χ1) is 9.69. The molecule has 1 aliphatic carbocycles. The summed E-state index contributed by atoms with van der Waals surface area (Å²) in [5.74, 6) is 0.514. The first kappa shape index (κ1) is 12.9. The van der Waals surface area contributed by atoms with Crippen LogP contribution in [0.3, 0.4) is 0 Å². The molecule has 2 N–H and O–H groups in total. The molecule has 1 saturated carbocycles. The highest BCUT2D eigenvalue weighted by Gasteiger charge is 2.42. The quantitative estimate of drug-likeness (QED) is 0.896. The fourth-order valence-corrected chi connectivity index (χ4v) is 2.58. The highest BCUT2D eigenvalue weighted by molar-refractivity contribution is 6.33. The van der Waals surface area contributed by atoms with Gasteiger partial charge in [0.1, 0.15) is 11.9 Å². The molecule has 20 heavy (non-hydrogen) atoms. The largest absolute Gasteiger partial charge is 0.391 e. The minimum absolute atomic E-state index is 0.00263. The summed E-state index contributed by atoms with van der Waals surface area (Å²) in [6.45, 7) is 0. The Morgan fingerprint density at radius 3 is 3.00 bits per heavy atom. The van der Waals surface area contributed by atoms with E-state index in [2.05, 4.69) is 15.4 Å². The van der Waals surface area contributed by atoms with Crippen molar-refractivity contribution in [1.82, 2.24) is 14.8 Å². The van der Waals surface area contributed by atoms with E-state index in [1.807, 2.05) is 18.3 Å². The number of nitrogens with one attached hydrogen (secondary N) is 1. The van der Waals surface area contributed by atoms with Gasteiger partial charge in [0.25, 0.3) is 0 Å². The molecular weight excluding hydrogens is 278 g/mol. The van der Waals surface area contributed by atoms with Crippen LogP contribution in [-0.2, 0) is 0 Å². The Morgan fingerprint density at radius 1 is 1.55 bits per heavy atom. The molecule has 0 radical (unpaired) electrons. The Hall–Kier alpha value is -2.10. The summed E-state index contributed by atoms with van der Waals surface area (Å²) in [6.07, 6.45) is 5.11. The second kappa shape index (κ2) is 5.12. The number of aliphatic hydroxyl groups is 1. The lowest BCUT2D eigenvalue weighted by molar-refractivity contribution is 0.0133. The zero-order valence-electron chi connectivity index (χ0n) is 10.4. The molecule has 0 aromatic carbocycles. The Balaban J connectivity index is 1.77. The van der Waals surface area contributed by atoms with E-state index in [0.29, 0.717) is 22.8 Å². The molecule has 3 rings (SSSR count). The molecule has 3 atom stereocenters. The lowest BCUT2D eigenvalue weighted by atomic mass is 9.83. The van der Waals surface area contributed by atoms with Gasteiger partial charge in [-0.2, -0.15) is 10.4 Å². The normalized spacial score (nSPS) is 24.8. The predicted octanol–water partition coefficient (Wildman–Crippen LogP) is 1.59. The van der Waals surface area contributed by atoms with Crippen LogP contribution >= 0.6 is 11.6 Å². The maximum absolute atomic E-state index is 9.88. The molecule has 0 aliphatic heterocycles. The average Bonchev–Trinajstić information content (AvgIpc) is 2.93. The molecule has 2 aromatic heterocycles. The summed E-state index contributed by atoms with van der Waals surface area (Å²) in [5.41, 5.74) is 0.415. The Morgan fingerprint density at radius 2 is 2.40 bits per heavy atom. The van der Waals surface area contributed by atoms with Gasteiger partial charge in [-0.05, 0) is 18.6 Å². The topological polar surface area (TPSA) is 86.8 Å². The van der Waals surface area contributed by atoms with Crippen molar-refractivity contribution >= 4 is 17.4 Å². The molecule has 0 unspecified atom stereocenters. The van der Waals surface area contributed by atoms with Gasteiger partial charge in [-0.3, -0.25) is 4.68 Å². The molecule has 0 amide bonds. The number of hydrogen-bond donors (Lipinski definition) is 2. The van der Waals surface area contributed by atoms with E-state index in [9.17, 15) is 5.11 Å². The van der Waals surface area contributed by atoms with Gasteiger partial charge in [0, 0.05) is 18.6 Å². The molecule has 1 fully saturated rings. The van der Waals surface area contributed by atoms with E-state index < -0.39 is 6.10 Å². The number of aliphatic hydroxyl groups excluding tert-OH is 1. The van der Waals surface area contributed by atoms with Crippen LogP contribution in [0, 0.1) is 11.3 Å². The molecular formula is C13H12ClN5O. The third-order valence-corrected chi connectivity index (χ3v) is 3.71. The van der Waals surface area contributed by atoms with Crippen LogP contribution in [0.25, 0.3) is 0 Å². The van der Waals surface area contributed by atoms with Gasteiger partial charge in [-0.15, -0.1) is 0 Å². The van der Waals surface area contributed by atoms with Crippen LogP contribution in [0.5, 0.6) is 0 Å². The monoisotopic (exact) mass is 289 g/mol. The predicted molar refractivity (Wildman–Crippen MR) is 73.3 cm³/mol. The molecule has 7 heteroatoms. The van der Waals surface area contributed by atoms with E-state index >= 15 is 0 Å². The minimum Gasteiger partial charge on any atom is -0.391 e. The second-order valence-electron chi connectivity index (χ2n) is 4.70. The number of nitrogens with zero attached hydrogens (tertiary/aromatic N) is 4. The Kier molecular flexibility index (Phi) is 3.30. The van der Waals surface area contributed by atoms with Crippen LogP contribution in [0.4, 0.5) is 5.82 Å². The minimum atomic E-state index is -0.440. The SMILES string of the molecule is N#Cc1cnc(N[C@H]2C[C@@H](O)[C@@H]2n2cccn2)c(Cl)c1. The van der Waals surface area contributed by atoms with E-state index in [0.717, 1.165) is 0 Å². The molecule has 0 bridgehead atoms. The van der Waals surface area contributed by atoms with Gasteiger partial charge in [-0.1, -0.05) is 11.6 Å². The fourth-order valence-electron chi connectivity index (χ4n) is 2.35. The summed E-state index contributed by atoms with van der Waals surface area (Å²) >= 11 is 6.08. The Bertz CT molecular complexity index is 651. The smallest absolute Gasteiger partial charge is 0.145 e. The van der Waals surface area contributed by atoms with Gasteiger partial charge < -0.3 is 10.4 Å². The number of rotatable bonds is 3. The molecule has 102 valence electrons. The van der Waals surface area contributed by atoms with Crippen molar-refractivity contribution < 1.29 is 5.11 Å². The first-order valence-corrected chi connectivity index (χ1v) is 6.56. The van der Waals surface area contributed by atoms with Crippen LogP contribution in [0.1, 0.15) is 18.0 Å². The van der Waals surface area contributed by atoms with Crippen molar-refractivity contribution in [1.29, 1.82) is 5.26 Å². The van der Waals surface area contributed by atoms with Gasteiger partial charge >= 0.3 is 0 Å². The zero-order chi connectivity index (χ0) is 14.1. The molecule has 2 heterocycles. The van der Waals surface area contributed by atoms with E-state index in [-0.39, 0.29) is 12.1 Å². The van der Waals surface area contributed by atoms with Crippen LogP contribution in [0.15, 0.2) is 30.7 Å². The van der Waals surface area contributed by atoms with E-state index in [1.54, 1.807) is 16.9 Å². The molecule has 0 saturated heterocycles. The lowest BCUT2D eigenvalue weighted by Crippen LogP contribution is -2.51. The summed E-state index contributed by atoms with van der Waals surface area (Å²) in [6, 6.07) is 5.23. The fraction of sp³-hybridized carbons (Fsp3) is 0.308. The highest BCUT2D eigenvalue weighted by Crippen LogP contribution is 2.35. The van der Waals surface area contributed by atoms with Crippen molar-refractivity contribution in [2.45, 2.75) is 24.6 Å².